The number of benzene rings is 1. The van der Waals surface area contributed by atoms with E-state index >= 15 is 0 Å². The minimum absolute atomic E-state index is 0.0871. The lowest BCUT2D eigenvalue weighted by atomic mass is 10.1. The molecule has 0 aliphatic carbocycles. The van der Waals surface area contributed by atoms with Gasteiger partial charge in [0, 0.05) is 43.6 Å². The lowest BCUT2D eigenvalue weighted by Gasteiger charge is -2.27. The number of rotatable bonds is 7. The predicted molar refractivity (Wildman–Crippen MR) is 98.5 cm³/mol. The zero-order valence-electron chi connectivity index (χ0n) is 14.7. The standard InChI is InChI=1S/C18H26BrN3O2/c1-4-21-13-15(11-17(21)23)18(24)22(10-9-20(2)3)12-14-5-7-16(19)8-6-14/h5-8,15H,4,9-13H2,1-3H3. The highest BCUT2D eigenvalue weighted by Gasteiger charge is 2.35. The normalized spacial score (nSPS) is 17.6. The van der Waals surface area contributed by atoms with Crippen molar-refractivity contribution in [3.05, 3.63) is 34.3 Å². The van der Waals surface area contributed by atoms with Crippen molar-refractivity contribution in [3.63, 3.8) is 0 Å². The molecule has 1 saturated heterocycles. The van der Waals surface area contributed by atoms with Gasteiger partial charge in [0.15, 0.2) is 0 Å². The summed E-state index contributed by atoms with van der Waals surface area (Å²) in [4.78, 5) is 30.6. The molecule has 0 saturated carbocycles. The smallest absolute Gasteiger partial charge is 0.228 e. The summed E-state index contributed by atoms with van der Waals surface area (Å²) in [6.07, 6.45) is 0.339. The molecule has 0 radical (unpaired) electrons. The van der Waals surface area contributed by atoms with Crippen molar-refractivity contribution in [2.75, 3.05) is 40.3 Å². The first-order chi connectivity index (χ1) is 11.4. The molecule has 0 aromatic heterocycles. The lowest BCUT2D eigenvalue weighted by Crippen LogP contribution is -2.40. The quantitative estimate of drug-likeness (QED) is 0.710. The van der Waals surface area contributed by atoms with E-state index in [4.69, 9.17) is 0 Å². The van der Waals surface area contributed by atoms with Crippen molar-refractivity contribution < 1.29 is 9.59 Å². The van der Waals surface area contributed by atoms with Crippen molar-refractivity contribution in [2.24, 2.45) is 5.92 Å². The summed E-state index contributed by atoms with van der Waals surface area (Å²) in [5.74, 6) is -0.0359. The Hall–Kier alpha value is -1.40. The van der Waals surface area contributed by atoms with Gasteiger partial charge in [0.05, 0.1) is 5.92 Å². The number of amides is 2. The fourth-order valence-corrected chi connectivity index (χ4v) is 3.16. The Morgan fingerprint density at radius 1 is 1.25 bits per heavy atom. The van der Waals surface area contributed by atoms with Gasteiger partial charge in [-0.05, 0) is 38.7 Å². The molecule has 2 rings (SSSR count). The van der Waals surface area contributed by atoms with Gasteiger partial charge in [0.25, 0.3) is 0 Å². The molecule has 0 N–H and O–H groups in total. The van der Waals surface area contributed by atoms with Gasteiger partial charge in [-0.2, -0.15) is 0 Å². The molecule has 0 spiro atoms. The van der Waals surface area contributed by atoms with Gasteiger partial charge in [0.1, 0.15) is 0 Å². The van der Waals surface area contributed by atoms with E-state index in [0.717, 1.165) is 16.6 Å². The third kappa shape index (κ3) is 5.05. The minimum atomic E-state index is -0.213. The zero-order chi connectivity index (χ0) is 17.7. The summed E-state index contributed by atoms with van der Waals surface area (Å²) in [6.45, 7) is 5.23. The second-order valence-corrected chi connectivity index (χ2v) is 7.44. The number of likely N-dealkylation sites (tertiary alicyclic amines) is 1. The van der Waals surface area contributed by atoms with Crippen LogP contribution in [0.2, 0.25) is 0 Å². The molecule has 1 aliphatic heterocycles. The number of hydrogen-bond donors (Lipinski definition) is 0. The summed E-state index contributed by atoms with van der Waals surface area (Å²) in [5.41, 5.74) is 1.10. The van der Waals surface area contributed by atoms with Crippen molar-refractivity contribution >= 4 is 27.7 Å². The Balaban J connectivity index is 2.08. The maximum Gasteiger partial charge on any atom is 0.228 e. The number of nitrogens with zero attached hydrogens (tertiary/aromatic N) is 3. The molecule has 1 heterocycles. The van der Waals surface area contributed by atoms with Crippen molar-refractivity contribution in [3.8, 4) is 0 Å². The highest BCUT2D eigenvalue weighted by molar-refractivity contribution is 9.10. The van der Waals surface area contributed by atoms with Gasteiger partial charge in [-0.25, -0.2) is 0 Å². The molecule has 1 fully saturated rings. The van der Waals surface area contributed by atoms with Crippen molar-refractivity contribution in [1.29, 1.82) is 0 Å². The molecule has 1 unspecified atom stereocenters. The molecule has 24 heavy (non-hydrogen) atoms. The maximum atomic E-state index is 13.0. The Kier molecular flexibility index (Phi) is 6.80. The molecule has 1 aromatic carbocycles. The third-order valence-corrected chi connectivity index (χ3v) is 4.89. The van der Waals surface area contributed by atoms with Crippen LogP contribution < -0.4 is 0 Å². The van der Waals surface area contributed by atoms with Crippen LogP contribution in [0.5, 0.6) is 0 Å². The molecular weight excluding hydrogens is 370 g/mol. The highest BCUT2D eigenvalue weighted by Crippen LogP contribution is 2.21. The summed E-state index contributed by atoms with van der Waals surface area (Å²) in [7, 11) is 4.00. The average molecular weight is 396 g/mol. The van der Waals surface area contributed by atoms with Gasteiger partial charge in [0.2, 0.25) is 11.8 Å². The Bertz CT molecular complexity index is 574. The molecule has 132 valence electrons. The van der Waals surface area contributed by atoms with Gasteiger partial charge >= 0.3 is 0 Å². The molecule has 1 atom stereocenters. The van der Waals surface area contributed by atoms with Crippen LogP contribution in [-0.4, -0.2) is 66.8 Å². The minimum Gasteiger partial charge on any atom is -0.342 e. The molecule has 5 nitrogen and oxygen atoms in total. The molecule has 2 amide bonds. The van der Waals surface area contributed by atoms with E-state index in [1.54, 1.807) is 4.90 Å². The summed E-state index contributed by atoms with van der Waals surface area (Å²) in [6, 6.07) is 8.03. The van der Waals surface area contributed by atoms with E-state index in [2.05, 4.69) is 20.8 Å². The fraction of sp³-hybridized carbons (Fsp3) is 0.556. The molecule has 0 bridgehead atoms. The monoisotopic (exact) mass is 395 g/mol. The molecule has 6 heteroatoms. The zero-order valence-corrected chi connectivity index (χ0v) is 16.3. The van der Waals surface area contributed by atoms with Gasteiger partial charge in [-0.15, -0.1) is 0 Å². The van der Waals surface area contributed by atoms with Crippen LogP contribution in [0.15, 0.2) is 28.7 Å². The largest absolute Gasteiger partial charge is 0.342 e. The van der Waals surface area contributed by atoms with E-state index < -0.39 is 0 Å². The Morgan fingerprint density at radius 2 is 1.92 bits per heavy atom. The Labute approximate surface area is 152 Å². The van der Waals surface area contributed by atoms with Gasteiger partial charge < -0.3 is 14.7 Å². The summed E-state index contributed by atoms with van der Waals surface area (Å²) in [5, 5.41) is 0. The summed E-state index contributed by atoms with van der Waals surface area (Å²) >= 11 is 3.44. The second kappa shape index (κ2) is 8.62. The summed E-state index contributed by atoms with van der Waals surface area (Å²) < 4.78 is 1.03. The van der Waals surface area contributed by atoms with E-state index in [-0.39, 0.29) is 17.7 Å². The molecule has 1 aliphatic rings. The molecular formula is C18H26BrN3O2. The lowest BCUT2D eigenvalue weighted by molar-refractivity contribution is -0.136. The highest BCUT2D eigenvalue weighted by atomic mass is 79.9. The molecule has 1 aromatic rings. The average Bonchev–Trinajstić information content (AvgIpc) is 2.93. The number of carbonyl (C=O) groups is 2. The van der Waals surface area contributed by atoms with Crippen LogP contribution in [0.25, 0.3) is 0 Å². The maximum absolute atomic E-state index is 13.0. The number of carbonyl (C=O) groups excluding carboxylic acids is 2. The van der Waals surface area contributed by atoms with E-state index in [9.17, 15) is 9.59 Å². The SMILES string of the molecule is CCN1CC(C(=O)N(CCN(C)C)Cc2ccc(Br)cc2)CC1=O. The first-order valence-electron chi connectivity index (χ1n) is 8.36. The predicted octanol–water partition coefficient (Wildman–Crippen LogP) is 2.21. The van der Waals surface area contributed by atoms with Crippen LogP contribution in [-0.2, 0) is 16.1 Å². The van der Waals surface area contributed by atoms with Crippen molar-refractivity contribution in [2.45, 2.75) is 19.9 Å². The first-order valence-corrected chi connectivity index (χ1v) is 9.15. The van der Waals surface area contributed by atoms with E-state index in [1.807, 2.05) is 50.2 Å². The fourth-order valence-electron chi connectivity index (χ4n) is 2.90. The van der Waals surface area contributed by atoms with Gasteiger partial charge in [-0.3, -0.25) is 9.59 Å². The van der Waals surface area contributed by atoms with Crippen LogP contribution in [0.1, 0.15) is 18.9 Å². The number of likely N-dealkylation sites (N-methyl/N-ethyl adjacent to an activating group) is 1. The Morgan fingerprint density at radius 3 is 2.46 bits per heavy atom. The van der Waals surface area contributed by atoms with Crippen LogP contribution >= 0.6 is 15.9 Å². The van der Waals surface area contributed by atoms with E-state index in [1.165, 1.54) is 0 Å². The van der Waals surface area contributed by atoms with Crippen LogP contribution in [0.4, 0.5) is 0 Å². The van der Waals surface area contributed by atoms with Crippen LogP contribution in [0, 0.1) is 5.92 Å². The number of halogens is 1. The second-order valence-electron chi connectivity index (χ2n) is 6.52. The van der Waals surface area contributed by atoms with Crippen molar-refractivity contribution in [1.82, 2.24) is 14.7 Å². The topological polar surface area (TPSA) is 43.9 Å². The van der Waals surface area contributed by atoms with Crippen LogP contribution in [0.3, 0.4) is 0 Å². The number of hydrogen-bond acceptors (Lipinski definition) is 3. The van der Waals surface area contributed by atoms with Gasteiger partial charge in [-0.1, -0.05) is 28.1 Å². The first kappa shape index (κ1) is 18.9. The third-order valence-electron chi connectivity index (χ3n) is 4.36. The van der Waals surface area contributed by atoms with E-state index in [0.29, 0.717) is 32.6 Å².